The largest absolute Gasteiger partial charge is 0.330 e. The summed E-state index contributed by atoms with van der Waals surface area (Å²) < 4.78 is 12.7. The van der Waals surface area contributed by atoms with Crippen molar-refractivity contribution in [3.63, 3.8) is 0 Å². The topological polar surface area (TPSA) is 38.9 Å². The number of rotatable bonds is 4. The molecule has 0 spiro atoms. The van der Waals surface area contributed by atoms with Gasteiger partial charge in [0.05, 0.1) is 10.7 Å². The minimum absolute atomic E-state index is 0.203. The van der Waals surface area contributed by atoms with E-state index in [1.54, 1.807) is 23.5 Å². The molecule has 0 fully saturated rings. The van der Waals surface area contributed by atoms with E-state index in [4.69, 9.17) is 5.73 Å². The molecule has 4 heteroatoms. The molecule has 0 atom stereocenters. The Bertz CT molecular complexity index is 450. The summed E-state index contributed by atoms with van der Waals surface area (Å²) in [4.78, 5) is 4.46. The molecule has 1 aromatic carbocycles. The normalized spacial score (nSPS) is 10.6. The van der Waals surface area contributed by atoms with Crippen LogP contribution in [0.1, 0.15) is 16.3 Å². The average molecular weight is 236 g/mol. The number of benzene rings is 1. The van der Waals surface area contributed by atoms with Crippen molar-refractivity contribution in [1.29, 1.82) is 0 Å². The second kappa shape index (κ2) is 5.18. The van der Waals surface area contributed by atoms with Gasteiger partial charge in [0.1, 0.15) is 5.82 Å². The first-order valence-electron chi connectivity index (χ1n) is 5.15. The van der Waals surface area contributed by atoms with Gasteiger partial charge in [0.25, 0.3) is 0 Å². The predicted molar refractivity (Wildman–Crippen MR) is 64.1 cm³/mol. The molecule has 0 aliphatic carbocycles. The molecule has 0 saturated heterocycles. The third-order valence-electron chi connectivity index (χ3n) is 2.26. The molecule has 1 aromatic heterocycles. The maximum atomic E-state index is 12.7. The zero-order chi connectivity index (χ0) is 11.4. The summed E-state index contributed by atoms with van der Waals surface area (Å²) in [7, 11) is 0. The number of aromatic nitrogens is 1. The van der Waals surface area contributed by atoms with Crippen LogP contribution in [0.25, 0.3) is 0 Å². The standard InChI is InChI=1S/C12H13FN2S/c13-10-3-1-9(2-4-10)7-11-8-16-12(15-11)5-6-14/h1-4,8H,5-7,14H2. The average Bonchev–Trinajstić information content (AvgIpc) is 2.70. The minimum atomic E-state index is -0.203. The Morgan fingerprint density at radius 2 is 2.00 bits per heavy atom. The summed E-state index contributed by atoms with van der Waals surface area (Å²) >= 11 is 1.63. The summed E-state index contributed by atoms with van der Waals surface area (Å²) in [5.74, 6) is -0.203. The highest BCUT2D eigenvalue weighted by Gasteiger charge is 2.02. The number of thiazole rings is 1. The summed E-state index contributed by atoms with van der Waals surface area (Å²) in [5, 5.41) is 3.11. The highest BCUT2D eigenvalue weighted by molar-refractivity contribution is 7.09. The van der Waals surface area contributed by atoms with Crippen LogP contribution in [0.3, 0.4) is 0 Å². The minimum Gasteiger partial charge on any atom is -0.330 e. The molecule has 0 bridgehead atoms. The van der Waals surface area contributed by atoms with Gasteiger partial charge in [-0.3, -0.25) is 0 Å². The van der Waals surface area contributed by atoms with Crippen LogP contribution >= 0.6 is 11.3 Å². The fourth-order valence-electron chi connectivity index (χ4n) is 1.48. The van der Waals surface area contributed by atoms with Crippen molar-refractivity contribution < 1.29 is 4.39 Å². The first-order valence-corrected chi connectivity index (χ1v) is 6.03. The number of nitrogens with two attached hydrogens (primary N) is 1. The van der Waals surface area contributed by atoms with Crippen LogP contribution in [0.15, 0.2) is 29.6 Å². The van der Waals surface area contributed by atoms with Gasteiger partial charge >= 0.3 is 0 Å². The molecule has 84 valence electrons. The first kappa shape index (κ1) is 11.2. The highest BCUT2D eigenvalue weighted by atomic mass is 32.1. The Labute approximate surface area is 97.9 Å². The van der Waals surface area contributed by atoms with Crippen LogP contribution in [-0.2, 0) is 12.8 Å². The van der Waals surface area contributed by atoms with Crippen LogP contribution in [0.4, 0.5) is 4.39 Å². The summed E-state index contributed by atoms with van der Waals surface area (Å²) in [5.41, 5.74) is 7.57. The molecule has 1 heterocycles. The van der Waals surface area contributed by atoms with E-state index in [1.807, 2.05) is 5.38 Å². The van der Waals surface area contributed by atoms with Crippen LogP contribution in [0.5, 0.6) is 0 Å². The molecule has 0 unspecified atom stereocenters. The molecule has 0 radical (unpaired) electrons. The first-order chi connectivity index (χ1) is 7.78. The lowest BCUT2D eigenvalue weighted by atomic mass is 10.1. The molecule has 0 amide bonds. The lowest BCUT2D eigenvalue weighted by molar-refractivity contribution is 0.627. The molecule has 2 nitrogen and oxygen atoms in total. The van der Waals surface area contributed by atoms with Gasteiger partial charge in [-0.1, -0.05) is 12.1 Å². The van der Waals surface area contributed by atoms with Crippen molar-refractivity contribution in [2.24, 2.45) is 5.73 Å². The molecule has 0 aliphatic heterocycles. The summed E-state index contributed by atoms with van der Waals surface area (Å²) in [6, 6.07) is 6.53. The van der Waals surface area contributed by atoms with Crippen LogP contribution < -0.4 is 5.73 Å². The van der Waals surface area contributed by atoms with Gasteiger partial charge < -0.3 is 5.73 Å². The van der Waals surface area contributed by atoms with Crippen molar-refractivity contribution in [1.82, 2.24) is 4.98 Å². The van der Waals surface area contributed by atoms with E-state index in [9.17, 15) is 4.39 Å². The van der Waals surface area contributed by atoms with Gasteiger partial charge in [-0.15, -0.1) is 11.3 Å². The third-order valence-corrected chi connectivity index (χ3v) is 3.21. The van der Waals surface area contributed by atoms with Crippen molar-refractivity contribution >= 4 is 11.3 Å². The molecule has 2 rings (SSSR count). The number of hydrogen-bond acceptors (Lipinski definition) is 3. The quantitative estimate of drug-likeness (QED) is 0.885. The Morgan fingerprint density at radius 1 is 1.25 bits per heavy atom. The summed E-state index contributed by atoms with van der Waals surface area (Å²) in [6.45, 7) is 0.628. The molecule has 2 N–H and O–H groups in total. The second-order valence-corrected chi connectivity index (χ2v) is 4.52. The lowest BCUT2D eigenvalue weighted by Gasteiger charge is -1.97. The number of halogens is 1. The monoisotopic (exact) mass is 236 g/mol. The number of hydrogen-bond donors (Lipinski definition) is 1. The van der Waals surface area contributed by atoms with E-state index in [2.05, 4.69) is 4.98 Å². The molecular weight excluding hydrogens is 223 g/mol. The molecule has 16 heavy (non-hydrogen) atoms. The van der Waals surface area contributed by atoms with Crippen molar-refractivity contribution in [3.8, 4) is 0 Å². The van der Waals surface area contributed by atoms with Gasteiger partial charge in [-0.25, -0.2) is 9.37 Å². The van der Waals surface area contributed by atoms with Gasteiger partial charge in [0, 0.05) is 18.2 Å². The van der Waals surface area contributed by atoms with Crippen LogP contribution in [-0.4, -0.2) is 11.5 Å². The lowest BCUT2D eigenvalue weighted by Crippen LogP contribution is -2.02. The fourth-order valence-corrected chi connectivity index (χ4v) is 2.29. The zero-order valence-electron chi connectivity index (χ0n) is 8.82. The van der Waals surface area contributed by atoms with Gasteiger partial charge in [0.2, 0.25) is 0 Å². The smallest absolute Gasteiger partial charge is 0.123 e. The van der Waals surface area contributed by atoms with Gasteiger partial charge in [0.15, 0.2) is 0 Å². The molecule has 2 aromatic rings. The van der Waals surface area contributed by atoms with E-state index in [0.717, 1.165) is 29.1 Å². The Kier molecular flexibility index (Phi) is 3.64. The van der Waals surface area contributed by atoms with Gasteiger partial charge in [-0.05, 0) is 24.2 Å². The second-order valence-electron chi connectivity index (χ2n) is 3.57. The van der Waals surface area contributed by atoms with Crippen LogP contribution in [0, 0.1) is 5.82 Å². The molecule has 0 saturated carbocycles. The van der Waals surface area contributed by atoms with E-state index < -0.39 is 0 Å². The maximum absolute atomic E-state index is 12.7. The van der Waals surface area contributed by atoms with Gasteiger partial charge in [-0.2, -0.15) is 0 Å². The maximum Gasteiger partial charge on any atom is 0.123 e. The summed E-state index contributed by atoms with van der Waals surface area (Å²) in [6.07, 6.45) is 1.58. The SMILES string of the molecule is NCCc1nc(Cc2ccc(F)cc2)cs1. The van der Waals surface area contributed by atoms with Crippen molar-refractivity contribution in [3.05, 3.63) is 51.7 Å². The Morgan fingerprint density at radius 3 is 2.69 bits per heavy atom. The fraction of sp³-hybridized carbons (Fsp3) is 0.250. The molecular formula is C12H13FN2S. The van der Waals surface area contributed by atoms with Crippen molar-refractivity contribution in [2.45, 2.75) is 12.8 Å². The predicted octanol–water partition coefficient (Wildman–Crippen LogP) is 2.37. The Hall–Kier alpha value is -1.26. The highest BCUT2D eigenvalue weighted by Crippen LogP contribution is 2.14. The van der Waals surface area contributed by atoms with E-state index in [1.165, 1.54) is 12.1 Å². The van der Waals surface area contributed by atoms with E-state index in [-0.39, 0.29) is 5.82 Å². The zero-order valence-corrected chi connectivity index (χ0v) is 9.64. The van der Waals surface area contributed by atoms with Crippen molar-refractivity contribution in [2.75, 3.05) is 6.54 Å². The number of nitrogens with zero attached hydrogens (tertiary/aromatic N) is 1. The van der Waals surface area contributed by atoms with E-state index in [0.29, 0.717) is 6.54 Å². The van der Waals surface area contributed by atoms with E-state index >= 15 is 0 Å². The molecule has 0 aliphatic rings. The van der Waals surface area contributed by atoms with Crippen LogP contribution in [0.2, 0.25) is 0 Å². The third kappa shape index (κ3) is 2.87. The Balaban J connectivity index is 2.05.